The Labute approximate surface area is 98.6 Å². The average molecular weight is 245 g/mol. The number of carboxylic acids is 1. The van der Waals surface area contributed by atoms with Crippen LogP contribution in [0.2, 0.25) is 0 Å². The molecule has 0 saturated heterocycles. The molecule has 0 saturated carbocycles. The van der Waals surface area contributed by atoms with Crippen LogP contribution < -0.4 is 5.11 Å². The summed E-state index contributed by atoms with van der Waals surface area (Å²) in [5, 5.41) is 8.89. The molecule has 0 aliphatic rings. The lowest BCUT2D eigenvalue weighted by molar-refractivity contribution is -0.624. The van der Waals surface area contributed by atoms with Gasteiger partial charge in [-0.15, -0.1) is 0 Å². The summed E-state index contributed by atoms with van der Waals surface area (Å²) >= 11 is 0. The van der Waals surface area contributed by atoms with Crippen LogP contribution in [-0.4, -0.2) is 34.1 Å². The van der Waals surface area contributed by atoms with E-state index in [0.29, 0.717) is 0 Å². The molecule has 0 spiro atoms. The minimum absolute atomic E-state index is 0.771. The van der Waals surface area contributed by atoms with E-state index in [-0.39, 0.29) is 0 Å². The molecule has 4 amide bonds. The maximum Gasteiger partial charge on any atom is 0.332 e. The van der Waals surface area contributed by atoms with E-state index in [4.69, 9.17) is 9.90 Å². The lowest BCUT2D eigenvalue weighted by atomic mass is 10.3. The largest absolute Gasteiger partial charge is 0.550 e. The number of hydrogen-bond acceptors (Lipinski definition) is 6. The van der Waals surface area contributed by atoms with Gasteiger partial charge in [-0.1, -0.05) is 4.48 Å². The summed E-state index contributed by atoms with van der Waals surface area (Å²) in [6.45, 7) is 5.16. The zero-order valence-corrected chi connectivity index (χ0v) is 10.4. The van der Waals surface area contributed by atoms with Crippen LogP contribution in [0.1, 0.15) is 34.6 Å². The predicted octanol–water partition coefficient (Wildman–Crippen LogP) is -1.25. The molecular weight excluding hydrogens is 230 g/mol. The number of imide groups is 6. The highest BCUT2D eigenvalue weighted by Gasteiger charge is 2.49. The van der Waals surface area contributed by atoms with Gasteiger partial charge in [0.2, 0.25) is 0 Å². The number of aliphatic carboxylic acids is 1. The Kier molecular flexibility index (Phi) is 6.84. The molecule has 0 N–H and O–H groups in total. The van der Waals surface area contributed by atoms with Gasteiger partial charge in [-0.05, 0) is 6.92 Å². The topological polar surface area (TPSA) is 108 Å². The second kappa shape index (κ2) is 6.64. The molecule has 0 rings (SSSR count). The van der Waals surface area contributed by atoms with Gasteiger partial charge in [0, 0.05) is 5.97 Å². The molecule has 0 aliphatic carbocycles. The van der Waals surface area contributed by atoms with E-state index in [1.165, 1.54) is 0 Å². The number of amides is 4. The van der Waals surface area contributed by atoms with Crippen LogP contribution in [-0.2, 0) is 24.0 Å². The second-order valence-corrected chi connectivity index (χ2v) is 3.24. The summed E-state index contributed by atoms with van der Waals surface area (Å²) in [5.41, 5.74) is 0. The van der Waals surface area contributed by atoms with Gasteiger partial charge < -0.3 is 9.90 Å². The van der Waals surface area contributed by atoms with Crippen LogP contribution in [0.25, 0.3) is 0 Å². The van der Waals surface area contributed by atoms with Crippen molar-refractivity contribution in [3.63, 3.8) is 0 Å². The lowest BCUT2D eigenvalue weighted by Gasteiger charge is -2.22. The Balaban J connectivity index is 0. The Hall–Kier alpha value is -1.89. The van der Waals surface area contributed by atoms with Crippen LogP contribution >= 0.6 is 0 Å². The fourth-order valence-electron chi connectivity index (χ4n) is 1.33. The van der Waals surface area contributed by atoms with E-state index in [0.717, 1.165) is 34.6 Å². The number of hydrogen-bond donors (Lipinski definition) is 0. The normalized spacial score (nSPS) is 9.71. The van der Waals surface area contributed by atoms with Crippen molar-refractivity contribution in [3.8, 4) is 0 Å². The summed E-state index contributed by atoms with van der Waals surface area (Å²) in [6, 6.07) is 0. The number of carbonyl (C=O) groups excluding carboxylic acids is 5. The van der Waals surface area contributed by atoms with E-state index in [1.54, 1.807) is 0 Å². The molecule has 0 aromatic carbocycles. The standard InChI is InChI=1S/C8H12NO4.C2H4O2/c1-5(10)9(6(2)11,7(3)12)8(4)13;1-2(3)4/h1-4H3;1H3,(H,3,4)/q+1;/p-1. The minimum atomic E-state index is -1.33. The molecule has 96 valence electrons. The third-order valence-corrected chi connectivity index (χ3v) is 1.89. The molecule has 0 bridgehead atoms. The summed E-state index contributed by atoms with van der Waals surface area (Å²) < 4.78 is -1.33. The van der Waals surface area contributed by atoms with E-state index < -0.39 is 34.1 Å². The van der Waals surface area contributed by atoms with Gasteiger partial charge in [0.25, 0.3) is 0 Å². The van der Waals surface area contributed by atoms with E-state index in [2.05, 4.69) is 0 Å². The van der Waals surface area contributed by atoms with Gasteiger partial charge in [0.15, 0.2) is 0 Å². The average Bonchev–Trinajstić information content (AvgIpc) is 1.98. The Bertz CT molecular complexity index is 305. The first-order chi connectivity index (χ1) is 7.51. The molecule has 7 heteroatoms. The molecule has 17 heavy (non-hydrogen) atoms. The first-order valence-corrected chi connectivity index (χ1v) is 4.62. The van der Waals surface area contributed by atoms with Crippen LogP contribution in [0.5, 0.6) is 0 Å². The van der Waals surface area contributed by atoms with Crippen LogP contribution in [0.3, 0.4) is 0 Å². The zero-order chi connectivity index (χ0) is 14.4. The van der Waals surface area contributed by atoms with Crippen molar-refractivity contribution < 1.29 is 33.6 Å². The van der Waals surface area contributed by atoms with Gasteiger partial charge in [-0.2, -0.15) is 0 Å². The molecule has 0 heterocycles. The SMILES string of the molecule is CC(=O)[N+](C(C)=O)(C(C)=O)C(C)=O.CC(=O)[O-]. The highest BCUT2D eigenvalue weighted by atomic mass is 16.4. The highest BCUT2D eigenvalue weighted by molar-refractivity contribution is 6.07. The lowest BCUT2D eigenvalue weighted by Crippen LogP contribution is -2.61. The summed E-state index contributed by atoms with van der Waals surface area (Å²) in [7, 11) is 0. The van der Waals surface area contributed by atoms with E-state index in [1.807, 2.05) is 0 Å². The number of carbonyl (C=O) groups is 5. The first-order valence-electron chi connectivity index (χ1n) is 4.62. The summed E-state index contributed by atoms with van der Waals surface area (Å²) in [6.07, 6.45) is 0. The summed E-state index contributed by atoms with van der Waals surface area (Å²) in [5.74, 6) is -4.17. The van der Waals surface area contributed by atoms with Gasteiger partial charge in [-0.25, -0.2) is 19.2 Å². The molecule has 0 aromatic heterocycles. The molecular formula is C10H15NO6. The van der Waals surface area contributed by atoms with Crippen molar-refractivity contribution in [1.29, 1.82) is 0 Å². The van der Waals surface area contributed by atoms with Gasteiger partial charge >= 0.3 is 23.6 Å². The summed E-state index contributed by atoms with van der Waals surface area (Å²) in [4.78, 5) is 53.3. The quantitative estimate of drug-likeness (QED) is 0.493. The fourth-order valence-corrected chi connectivity index (χ4v) is 1.33. The zero-order valence-electron chi connectivity index (χ0n) is 10.4. The van der Waals surface area contributed by atoms with E-state index >= 15 is 0 Å². The highest BCUT2D eigenvalue weighted by Crippen LogP contribution is 2.10. The molecule has 0 atom stereocenters. The number of carboxylic acid groups (broad SMARTS) is 1. The fraction of sp³-hybridized carbons (Fsp3) is 0.500. The number of rotatable bonds is 0. The Morgan fingerprint density at radius 1 is 0.647 bits per heavy atom. The van der Waals surface area contributed by atoms with Crippen molar-refractivity contribution in [2.45, 2.75) is 34.6 Å². The second-order valence-electron chi connectivity index (χ2n) is 3.24. The van der Waals surface area contributed by atoms with Crippen molar-refractivity contribution in [2.75, 3.05) is 0 Å². The molecule has 0 aliphatic heterocycles. The predicted molar refractivity (Wildman–Crippen MR) is 53.7 cm³/mol. The molecule has 7 nitrogen and oxygen atoms in total. The van der Waals surface area contributed by atoms with Crippen molar-refractivity contribution in [2.24, 2.45) is 0 Å². The van der Waals surface area contributed by atoms with Crippen molar-refractivity contribution >= 4 is 29.6 Å². The van der Waals surface area contributed by atoms with Gasteiger partial charge in [0.05, 0.1) is 27.7 Å². The van der Waals surface area contributed by atoms with Crippen molar-refractivity contribution in [3.05, 3.63) is 0 Å². The third kappa shape index (κ3) is 4.23. The maximum atomic E-state index is 11.1. The van der Waals surface area contributed by atoms with Crippen molar-refractivity contribution in [1.82, 2.24) is 0 Å². The Morgan fingerprint density at radius 2 is 0.765 bits per heavy atom. The van der Waals surface area contributed by atoms with Crippen LogP contribution in [0, 0.1) is 0 Å². The smallest absolute Gasteiger partial charge is 0.332 e. The molecule has 0 fully saturated rings. The number of nitrogens with zero attached hydrogens (tertiary/aromatic N) is 1. The monoisotopic (exact) mass is 245 g/mol. The molecule has 0 unspecified atom stereocenters. The van der Waals surface area contributed by atoms with Gasteiger partial charge in [-0.3, -0.25) is 0 Å². The maximum absolute atomic E-state index is 11.1. The molecule has 0 radical (unpaired) electrons. The number of quaternary nitrogens is 1. The van der Waals surface area contributed by atoms with E-state index in [9.17, 15) is 19.2 Å². The first kappa shape index (κ1) is 17.5. The third-order valence-electron chi connectivity index (χ3n) is 1.89. The van der Waals surface area contributed by atoms with Gasteiger partial charge in [0.1, 0.15) is 0 Å². The molecule has 0 aromatic rings. The van der Waals surface area contributed by atoms with Crippen LogP contribution in [0.4, 0.5) is 0 Å². The minimum Gasteiger partial charge on any atom is -0.550 e. The Morgan fingerprint density at radius 3 is 0.765 bits per heavy atom. The van der Waals surface area contributed by atoms with Crippen LogP contribution in [0.15, 0.2) is 0 Å².